The fourth-order valence-electron chi connectivity index (χ4n) is 11.2. The van der Waals surface area contributed by atoms with Gasteiger partial charge in [0.05, 0.1) is 70.1 Å². The van der Waals surface area contributed by atoms with Crippen molar-refractivity contribution in [3.8, 4) is 0 Å². The molecule has 0 spiro atoms. The summed E-state index contributed by atoms with van der Waals surface area (Å²) < 4.78 is 60.2. The van der Waals surface area contributed by atoms with Gasteiger partial charge in [0.15, 0.2) is 31.5 Å². The number of amides is 1. The molecule has 10 unspecified atom stereocenters. The van der Waals surface area contributed by atoms with Crippen molar-refractivity contribution in [2.75, 3.05) is 39.6 Å². The average Bonchev–Trinajstić information content (AvgIpc) is 3.68. The van der Waals surface area contributed by atoms with Crippen LogP contribution in [0.5, 0.6) is 0 Å². The quantitative estimate of drug-likeness (QED) is 0.0215. The molecule has 5 aliphatic rings. The zero-order valence-electron chi connectivity index (χ0n) is 48.8. The molecule has 5 saturated heterocycles. The first-order valence-electron chi connectivity index (χ1n) is 30.2. The van der Waals surface area contributed by atoms with Crippen molar-refractivity contribution in [1.82, 2.24) is 5.32 Å². The third-order valence-electron chi connectivity index (χ3n) is 16.6. The lowest BCUT2D eigenvalue weighted by Crippen LogP contribution is -2.67. The first-order chi connectivity index (χ1) is 40.2. The number of carbonyl (C=O) groups is 1. The number of hydrogen-bond donors (Lipinski definition) is 17. The Morgan fingerprint density at radius 3 is 1.67 bits per heavy atom. The van der Waals surface area contributed by atoms with Crippen LogP contribution in [0.2, 0.25) is 0 Å². The second kappa shape index (κ2) is 36.7. The summed E-state index contributed by atoms with van der Waals surface area (Å²) in [6.45, 7) is 2.07. The molecule has 0 aromatic heterocycles. The molecule has 0 bridgehead atoms. The maximum absolute atomic E-state index is 12.8. The van der Waals surface area contributed by atoms with Crippen molar-refractivity contribution < 1.29 is 134 Å². The van der Waals surface area contributed by atoms with E-state index >= 15 is 0 Å². The Hall–Kier alpha value is -1.83. The van der Waals surface area contributed by atoms with Crippen molar-refractivity contribution in [3.63, 3.8) is 0 Å². The van der Waals surface area contributed by atoms with E-state index in [9.17, 15) is 86.5 Å². The standard InChI is InChI=1S/C56H101NO27/c1-5-7-8-9-10-11-12-13-14-15-16-17-18-20-31(63)30(57-38(66)19-6-2)27-75-54-46(73)44(71)50(36(25-61)78-54)83-56-47(74)52(81-39-21-32(64)28(3)48(80-39)40(67)33(65)22-58)51(37(26-62)79-56)84-53-29(4)49(42(69)35(24-60)76-53)82-55-45(72)43(70)41(68)34(23-59)77-55/h18,20,28-37,39-56,58-65,67-74H,5-17,19,21-27H2,1-4H3,(H,57,66)/b20-18+/t28-,29?,30+,31-,32-,33-,34?,35?,36?,37?,39?,40-,41+,42+,43+,44-,45?,46?,47?,48?,49-,50-,51+,52-,53+,54-,55+,56+/m1/s1. The average molecular weight is 1220 g/mol. The Morgan fingerprint density at radius 2 is 1.06 bits per heavy atom. The van der Waals surface area contributed by atoms with Crippen LogP contribution >= 0.6 is 0 Å². The first-order valence-corrected chi connectivity index (χ1v) is 30.2. The van der Waals surface area contributed by atoms with Crippen molar-refractivity contribution in [2.24, 2.45) is 11.8 Å². The number of rotatable bonds is 35. The Bertz CT molecular complexity index is 1850. The fourth-order valence-corrected chi connectivity index (χ4v) is 11.2. The van der Waals surface area contributed by atoms with E-state index in [4.69, 9.17) is 47.4 Å². The molecule has 492 valence electrons. The largest absolute Gasteiger partial charge is 0.394 e. The predicted octanol–water partition coefficient (Wildman–Crippen LogP) is -3.70. The van der Waals surface area contributed by atoms with Gasteiger partial charge in [-0.2, -0.15) is 0 Å². The van der Waals surface area contributed by atoms with E-state index in [2.05, 4.69) is 12.2 Å². The molecule has 17 N–H and O–H groups in total. The van der Waals surface area contributed by atoms with Gasteiger partial charge in [0.25, 0.3) is 0 Å². The zero-order valence-corrected chi connectivity index (χ0v) is 48.8. The minimum absolute atomic E-state index is 0.141. The van der Waals surface area contributed by atoms with E-state index in [0.29, 0.717) is 12.8 Å². The Labute approximate surface area is 491 Å². The molecule has 0 aliphatic carbocycles. The lowest BCUT2D eigenvalue weighted by atomic mass is 9.87. The summed E-state index contributed by atoms with van der Waals surface area (Å²) in [6, 6.07) is -1.04. The molecule has 28 heteroatoms. The summed E-state index contributed by atoms with van der Waals surface area (Å²) >= 11 is 0. The van der Waals surface area contributed by atoms with Crippen LogP contribution in [0.15, 0.2) is 12.2 Å². The van der Waals surface area contributed by atoms with Gasteiger partial charge < -0.3 is 134 Å². The van der Waals surface area contributed by atoms with Gasteiger partial charge in [-0.25, -0.2) is 0 Å². The summed E-state index contributed by atoms with van der Waals surface area (Å²) in [7, 11) is 0. The van der Waals surface area contributed by atoms with E-state index in [1.807, 2.05) is 13.0 Å². The molecule has 28 nitrogen and oxygen atoms in total. The van der Waals surface area contributed by atoms with Crippen LogP contribution in [0.4, 0.5) is 0 Å². The van der Waals surface area contributed by atoms with Gasteiger partial charge in [-0.05, 0) is 19.3 Å². The fraction of sp³-hybridized carbons (Fsp3) is 0.946. The number of unbranched alkanes of at least 4 members (excludes halogenated alkanes) is 11. The highest BCUT2D eigenvalue weighted by atomic mass is 16.8. The third-order valence-corrected chi connectivity index (χ3v) is 16.6. The van der Waals surface area contributed by atoms with Gasteiger partial charge in [0.1, 0.15) is 97.7 Å². The number of aliphatic hydroxyl groups excluding tert-OH is 16. The molecule has 0 aromatic carbocycles. The molecule has 0 saturated carbocycles. The van der Waals surface area contributed by atoms with E-state index in [0.717, 1.165) is 19.3 Å². The molecule has 1 amide bonds. The minimum atomic E-state index is -2.10. The molecule has 28 atom stereocenters. The van der Waals surface area contributed by atoms with Crippen LogP contribution in [-0.4, -0.2) is 287 Å². The lowest BCUT2D eigenvalue weighted by molar-refractivity contribution is -0.396. The van der Waals surface area contributed by atoms with Crippen molar-refractivity contribution in [3.05, 3.63) is 12.2 Å². The highest BCUT2D eigenvalue weighted by Gasteiger charge is 2.57. The number of ether oxygens (including phenoxy) is 10. The highest BCUT2D eigenvalue weighted by Crippen LogP contribution is 2.39. The van der Waals surface area contributed by atoms with Crippen LogP contribution < -0.4 is 5.32 Å². The predicted molar refractivity (Wildman–Crippen MR) is 290 cm³/mol. The van der Waals surface area contributed by atoms with E-state index in [1.165, 1.54) is 65.2 Å². The van der Waals surface area contributed by atoms with Gasteiger partial charge in [0, 0.05) is 24.7 Å². The number of hydrogen-bond acceptors (Lipinski definition) is 27. The van der Waals surface area contributed by atoms with E-state index in [1.54, 1.807) is 6.08 Å². The molecule has 0 aromatic rings. The molecule has 5 rings (SSSR count). The molecule has 5 fully saturated rings. The van der Waals surface area contributed by atoms with Gasteiger partial charge in [0.2, 0.25) is 5.91 Å². The van der Waals surface area contributed by atoms with Crippen LogP contribution in [0.3, 0.4) is 0 Å². The number of nitrogens with one attached hydrogen (secondary N) is 1. The summed E-state index contributed by atoms with van der Waals surface area (Å²) in [5.41, 5.74) is 0. The SMILES string of the molecule is CCCCCCCCCCCCC/C=C/[C@@H](O)[C@H](CO[C@@H]1OC(CO)[C@@H](O[C@@H]2OC(CO)[C@H](O[C@@H]3OC(CO)[C@H](O)[C@H](O[C@@H]4OC(CO)[C@H](O)[C@H](O)C4O)C3C)[C@H](OC3C[C@@H](O)[C@@H](C)C([C@H](O)[C@H](O)CO)O3)C2O)[C@H](O)C1O)NC(=O)CCC. The van der Waals surface area contributed by atoms with Crippen LogP contribution in [0.25, 0.3) is 0 Å². The molecule has 0 radical (unpaired) electrons. The molecular formula is C56H101NO27. The third kappa shape index (κ3) is 19.8. The van der Waals surface area contributed by atoms with Gasteiger partial charge in [-0.3, -0.25) is 4.79 Å². The highest BCUT2D eigenvalue weighted by molar-refractivity contribution is 5.76. The van der Waals surface area contributed by atoms with Gasteiger partial charge >= 0.3 is 0 Å². The van der Waals surface area contributed by atoms with Crippen LogP contribution in [-0.2, 0) is 52.2 Å². The summed E-state index contributed by atoms with van der Waals surface area (Å²) in [4.78, 5) is 12.8. The van der Waals surface area contributed by atoms with Crippen LogP contribution in [0, 0.1) is 11.8 Å². The van der Waals surface area contributed by atoms with Crippen molar-refractivity contribution in [2.45, 2.75) is 284 Å². The topological polar surface area (TPSA) is 445 Å². The van der Waals surface area contributed by atoms with Crippen LogP contribution in [0.1, 0.15) is 124 Å². The first kappa shape index (κ1) is 72.9. The maximum Gasteiger partial charge on any atom is 0.220 e. The smallest absolute Gasteiger partial charge is 0.220 e. The normalized spacial score (nSPS) is 40.1. The zero-order chi connectivity index (χ0) is 61.8. The van der Waals surface area contributed by atoms with E-state index in [-0.39, 0.29) is 18.7 Å². The second-order valence-corrected chi connectivity index (χ2v) is 23.0. The minimum Gasteiger partial charge on any atom is -0.394 e. The lowest BCUT2D eigenvalue weighted by Gasteiger charge is -2.51. The Balaban J connectivity index is 1.32. The maximum atomic E-state index is 12.8. The summed E-state index contributed by atoms with van der Waals surface area (Å²) in [5, 5.41) is 176. The monoisotopic (exact) mass is 1220 g/mol. The summed E-state index contributed by atoms with van der Waals surface area (Å²) in [6.07, 6.45) is -24.9. The summed E-state index contributed by atoms with van der Waals surface area (Å²) in [5.74, 6) is -2.41. The number of aliphatic hydroxyl groups is 16. The van der Waals surface area contributed by atoms with Gasteiger partial charge in [-0.1, -0.05) is 104 Å². The Morgan fingerprint density at radius 1 is 0.536 bits per heavy atom. The van der Waals surface area contributed by atoms with E-state index < -0.39 is 211 Å². The van der Waals surface area contributed by atoms with Gasteiger partial charge in [-0.15, -0.1) is 0 Å². The van der Waals surface area contributed by atoms with Crippen molar-refractivity contribution in [1.29, 1.82) is 0 Å². The molecule has 84 heavy (non-hydrogen) atoms. The molecular weight excluding hydrogens is 1120 g/mol. The molecule has 5 heterocycles. The number of carbonyl (C=O) groups excluding carboxylic acids is 1. The van der Waals surface area contributed by atoms with Crippen molar-refractivity contribution >= 4 is 5.91 Å². The molecule has 5 aliphatic heterocycles. The Kier molecular flexibility index (Phi) is 31.9. The second-order valence-electron chi connectivity index (χ2n) is 23.0. The number of allylic oxidation sites excluding steroid dienone is 1.